The number of hydrogen-bond donors (Lipinski definition) is 3. The van der Waals surface area contributed by atoms with Crippen LogP contribution in [0.3, 0.4) is 0 Å². The van der Waals surface area contributed by atoms with Gasteiger partial charge in [0.2, 0.25) is 5.91 Å². The van der Waals surface area contributed by atoms with Crippen molar-refractivity contribution in [3.63, 3.8) is 0 Å². The Morgan fingerprint density at radius 1 is 0.939 bits per heavy atom. The summed E-state index contributed by atoms with van der Waals surface area (Å²) in [6, 6.07) is 16.4. The predicted octanol–water partition coefficient (Wildman–Crippen LogP) is 3.84. The van der Waals surface area contributed by atoms with Crippen LogP contribution in [0.1, 0.15) is 42.7 Å². The van der Waals surface area contributed by atoms with Crippen molar-refractivity contribution < 1.29 is 24.2 Å². The van der Waals surface area contributed by atoms with Gasteiger partial charge in [0.15, 0.2) is 0 Å². The zero-order valence-corrected chi connectivity index (χ0v) is 18.3. The Balaban J connectivity index is 1.23. The van der Waals surface area contributed by atoms with Crippen molar-refractivity contribution in [2.75, 3.05) is 13.2 Å². The molecule has 4 rings (SSSR count). The third kappa shape index (κ3) is 5.42. The summed E-state index contributed by atoms with van der Waals surface area (Å²) in [7, 11) is 0. The molecule has 0 bridgehead atoms. The summed E-state index contributed by atoms with van der Waals surface area (Å²) >= 11 is 0. The Morgan fingerprint density at radius 2 is 1.55 bits per heavy atom. The molecule has 172 valence electrons. The summed E-state index contributed by atoms with van der Waals surface area (Å²) in [4.78, 5) is 35.1. The van der Waals surface area contributed by atoms with Crippen LogP contribution in [0.4, 0.5) is 4.79 Å². The first kappa shape index (κ1) is 22.6. The maximum Gasteiger partial charge on any atom is 0.407 e. The first-order chi connectivity index (χ1) is 16.0. The molecule has 0 spiro atoms. The standard InChI is InChI=1S/C26H28N2O5/c29-24(30)10-5-15-27-25(31)17-11-13-18(14-12-17)28-26(32)33-16-23-21-8-3-1-6-19(21)20-7-2-4-9-22(20)23/h1-10,17-18,23H,11-16H2,(H,27,31)(H,28,32)(H,29,30)/b10-5+. The Labute approximate surface area is 192 Å². The third-order valence-electron chi connectivity index (χ3n) is 6.42. The van der Waals surface area contributed by atoms with Gasteiger partial charge in [-0.25, -0.2) is 9.59 Å². The molecule has 2 amide bonds. The van der Waals surface area contributed by atoms with Gasteiger partial charge in [-0.3, -0.25) is 4.79 Å². The zero-order chi connectivity index (χ0) is 23.2. The number of aliphatic carboxylic acids is 1. The van der Waals surface area contributed by atoms with Gasteiger partial charge in [0, 0.05) is 30.5 Å². The van der Waals surface area contributed by atoms with Crippen molar-refractivity contribution in [1.82, 2.24) is 10.6 Å². The lowest BCUT2D eigenvalue weighted by atomic mass is 9.85. The number of amides is 2. The lowest BCUT2D eigenvalue weighted by molar-refractivity contribution is -0.131. The van der Waals surface area contributed by atoms with E-state index in [-0.39, 0.29) is 36.9 Å². The second-order valence-corrected chi connectivity index (χ2v) is 8.50. The monoisotopic (exact) mass is 448 g/mol. The second kappa shape index (κ2) is 10.3. The van der Waals surface area contributed by atoms with E-state index in [0.717, 1.165) is 6.08 Å². The first-order valence-electron chi connectivity index (χ1n) is 11.3. The number of carboxylic acid groups (broad SMARTS) is 1. The minimum Gasteiger partial charge on any atom is -0.478 e. The fourth-order valence-electron chi connectivity index (χ4n) is 4.77. The second-order valence-electron chi connectivity index (χ2n) is 8.50. The summed E-state index contributed by atoms with van der Waals surface area (Å²) in [5, 5.41) is 14.2. The molecule has 1 saturated carbocycles. The molecule has 0 radical (unpaired) electrons. The molecule has 33 heavy (non-hydrogen) atoms. The molecule has 0 atom stereocenters. The lowest BCUT2D eigenvalue weighted by Gasteiger charge is -2.28. The van der Waals surface area contributed by atoms with Gasteiger partial charge in [0.05, 0.1) is 0 Å². The number of carbonyl (C=O) groups excluding carboxylic acids is 2. The number of carboxylic acids is 1. The molecule has 7 nitrogen and oxygen atoms in total. The number of carbonyl (C=O) groups is 3. The van der Waals surface area contributed by atoms with E-state index in [1.54, 1.807) is 0 Å². The Bertz CT molecular complexity index is 1010. The fraction of sp³-hybridized carbons (Fsp3) is 0.346. The third-order valence-corrected chi connectivity index (χ3v) is 6.42. The van der Waals surface area contributed by atoms with E-state index in [9.17, 15) is 14.4 Å². The SMILES string of the molecule is O=C(O)/C=C/CNC(=O)C1CCC(NC(=O)OCC2c3ccccc3-c3ccccc32)CC1. The number of rotatable bonds is 7. The molecule has 2 aliphatic rings. The molecule has 0 aromatic heterocycles. The van der Waals surface area contributed by atoms with Crippen LogP contribution >= 0.6 is 0 Å². The Morgan fingerprint density at radius 3 is 2.15 bits per heavy atom. The molecule has 1 fully saturated rings. The normalized spacial score (nSPS) is 19.5. The van der Waals surface area contributed by atoms with E-state index in [0.29, 0.717) is 25.7 Å². The lowest BCUT2D eigenvalue weighted by Crippen LogP contribution is -2.41. The highest BCUT2D eigenvalue weighted by molar-refractivity contribution is 5.81. The van der Waals surface area contributed by atoms with Gasteiger partial charge in [-0.15, -0.1) is 0 Å². The molecule has 2 aliphatic carbocycles. The van der Waals surface area contributed by atoms with E-state index in [4.69, 9.17) is 9.84 Å². The van der Waals surface area contributed by atoms with E-state index in [2.05, 4.69) is 34.9 Å². The Kier molecular flexibility index (Phi) is 7.07. The van der Waals surface area contributed by atoms with Crippen molar-refractivity contribution in [1.29, 1.82) is 0 Å². The van der Waals surface area contributed by atoms with Gasteiger partial charge in [-0.2, -0.15) is 0 Å². The molecule has 3 N–H and O–H groups in total. The number of benzene rings is 2. The number of hydrogen-bond acceptors (Lipinski definition) is 4. The van der Waals surface area contributed by atoms with Crippen LogP contribution in [0.15, 0.2) is 60.7 Å². The van der Waals surface area contributed by atoms with Crippen LogP contribution < -0.4 is 10.6 Å². The molecular weight excluding hydrogens is 420 g/mol. The quantitative estimate of drug-likeness (QED) is 0.558. The van der Waals surface area contributed by atoms with Gasteiger partial charge in [0.25, 0.3) is 0 Å². The van der Waals surface area contributed by atoms with Crippen LogP contribution in [0, 0.1) is 5.92 Å². The highest BCUT2D eigenvalue weighted by atomic mass is 16.5. The average molecular weight is 449 g/mol. The summed E-state index contributed by atoms with van der Waals surface area (Å²) in [5.41, 5.74) is 4.74. The summed E-state index contributed by atoms with van der Waals surface area (Å²) in [6.45, 7) is 0.477. The number of fused-ring (bicyclic) bond motifs is 3. The van der Waals surface area contributed by atoms with Gasteiger partial charge in [-0.1, -0.05) is 54.6 Å². The van der Waals surface area contributed by atoms with Crippen molar-refractivity contribution in [3.8, 4) is 11.1 Å². The number of ether oxygens (including phenoxy) is 1. The van der Waals surface area contributed by atoms with E-state index in [1.165, 1.54) is 28.3 Å². The molecule has 7 heteroatoms. The Hall–Kier alpha value is -3.61. The van der Waals surface area contributed by atoms with Crippen LogP contribution in [0.25, 0.3) is 11.1 Å². The minimum absolute atomic E-state index is 0.0170. The summed E-state index contributed by atoms with van der Waals surface area (Å²) in [6.07, 6.45) is 4.73. The van der Waals surface area contributed by atoms with Crippen LogP contribution in [0.5, 0.6) is 0 Å². The topological polar surface area (TPSA) is 105 Å². The highest BCUT2D eigenvalue weighted by Gasteiger charge is 2.30. The van der Waals surface area contributed by atoms with Crippen molar-refractivity contribution >= 4 is 18.0 Å². The number of nitrogens with one attached hydrogen (secondary N) is 2. The number of alkyl carbamates (subject to hydrolysis) is 1. The van der Waals surface area contributed by atoms with Gasteiger partial charge in [0.1, 0.15) is 6.61 Å². The maximum atomic E-state index is 12.5. The van der Waals surface area contributed by atoms with Crippen LogP contribution in [0.2, 0.25) is 0 Å². The molecule has 0 unspecified atom stereocenters. The van der Waals surface area contributed by atoms with E-state index >= 15 is 0 Å². The van der Waals surface area contributed by atoms with Gasteiger partial charge in [-0.05, 0) is 47.9 Å². The van der Waals surface area contributed by atoms with E-state index < -0.39 is 12.1 Å². The van der Waals surface area contributed by atoms with Crippen LogP contribution in [-0.4, -0.2) is 42.3 Å². The van der Waals surface area contributed by atoms with Crippen LogP contribution in [-0.2, 0) is 14.3 Å². The fourth-order valence-corrected chi connectivity index (χ4v) is 4.77. The molecule has 0 aliphatic heterocycles. The first-order valence-corrected chi connectivity index (χ1v) is 11.3. The van der Waals surface area contributed by atoms with Crippen molar-refractivity contribution in [3.05, 3.63) is 71.8 Å². The van der Waals surface area contributed by atoms with Gasteiger partial charge >= 0.3 is 12.1 Å². The molecule has 2 aromatic rings. The van der Waals surface area contributed by atoms with Crippen molar-refractivity contribution in [2.24, 2.45) is 5.92 Å². The maximum absolute atomic E-state index is 12.5. The van der Waals surface area contributed by atoms with Crippen molar-refractivity contribution in [2.45, 2.75) is 37.6 Å². The molecule has 0 heterocycles. The molecule has 0 saturated heterocycles. The van der Waals surface area contributed by atoms with Gasteiger partial charge < -0.3 is 20.5 Å². The highest BCUT2D eigenvalue weighted by Crippen LogP contribution is 2.44. The minimum atomic E-state index is -1.04. The summed E-state index contributed by atoms with van der Waals surface area (Å²) < 4.78 is 5.62. The predicted molar refractivity (Wildman–Crippen MR) is 124 cm³/mol. The molecular formula is C26H28N2O5. The summed E-state index contributed by atoms with van der Waals surface area (Å²) in [5.74, 6) is -1.21. The van der Waals surface area contributed by atoms with E-state index in [1.807, 2.05) is 24.3 Å². The molecule has 2 aromatic carbocycles. The largest absolute Gasteiger partial charge is 0.478 e. The smallest absolute Gasteiger partial charge is 0.407 e. The zero-order valence-electron chi connectivity index (χ0n) is 18.3. The average Bonchev–Trinajstić information content (AvgIpc) is 3.14.